The lowest BCUT2D eigenvalue weighted by Gasteiger charge is -2.13. The largest absolute Gasteiger partial charge is 0.312 e. The number of nitrogens with zero attached hydrogens (tertiary/aromatic N) is 2. The zero-order chi connectivity index (χ0) is 24.6. The number of nitrogens with one attached hydrogen (secondary N) is 1. The number of hydrogen-bond acceptors (Lipinski definition) is 3. The summed E-state index contributed by atoms with van der Waals surface area (Å²) < 4.78 is 0. The van der Waals surface area contributed by atoms with E-state index in [1.54, 1.807) is 0 Å². The molecule has 2 aromatic heterocycles. The number of terminal acetylenes is 1. The van der Waals surface area contributed by atoms with Crippen molar-refractivity contribution < 1.29 is 0 Å². The SMILES string of the molecule is C#C.C=C(CCc1cccnc1)/C(=C/C=C(\C)c1ccccc1C)CNCCc1ccccn1. The van der Waals surface area contributed by atoms with E-state index < -0.39 is 0 Å². The van der Waals surface area contributed by atoms with Gasteiger partial charge in [0.15, 0.2) is 0 Å². The van der Waals surface area contributed by atoms with E-state index in [9.17, 15) is 0 Å². The van der Waals surface area contributed by atoms with E-state index in [4.69, 9.17) is 0 Å². The van der Waals surface area contributed by atoms with Crippen molar-refractivity contribution in [3.05, 3.63) is 125 Å². The van der Waals surface area contributed by atoms with Gasteiger partial charge in [-0.3, -0.25) is 9.97 Å². The lowest BCUT2D eigenvalue weighted by atomic mass is 9.97. The molecule has 0 aliphatic rings. The summed E-state index contributed by atoms with van der Waals surface area (Å²) in [5, 5.41) is 3.58. The Morgan fingerprint density at radius 2 is 1.76 bits per heavy atom. The summed E-state index contributed by atoms with van der Waals surface area (Å²) >= 11 is 0. The molecule has 0 amide bonds. The standard InChI is InChI=1S/C29H33N3.C2H2/c1-23(13-15-26-10-8-18-30-21-26)27(22-31-20-17-28-11-6-7-19-32-28)16-14-25(3)29-12-5-4-9-24(29)2;1-2/h4-12,14,16,18-19,21,31H,1,13,15,17,20,22H2,2-3H3;1-2H/b25-14+,27-16+;. The molecule has 0 atom stereocenters. The Bertz CT molecular complexity index is 1090. The number of pyridine rings is 2. The van der Waals surface area contributed by atoms with Crippen LogP contribution < -0.4 is 5.32 Å². The van der Waals surface area contributed by atoms with Crippen LogP contribution in [0.4, 0.5) is 0 Å². The highest BCUT2D eigenvalue weighted by atomic mass is 14.9. The van der Waals surface area contributed by atoms with Gasteiger partial charge < -0.3 is 5.32 Å². The van der Waals surface area contributed by atoms with E-state index in [-0.39, 0.29) is 0 Å². The molecule has 0 bridgehead atoms. The molecule has 0 saturated heterocycles. The lowest BCUT2D eigenvalue weighted by molar-refractivity contribution is 0.716. The van der Waals surface area contributed by atoms with Crippen molar-refractivity contribution in [2.75, 3.05) is 13.1 Å². The van der Waals surface area contributed by atoms with Crippen molar-refractivity contribution in [2.45, 2.75) is 33.1 Å². The molecular weight excluding hydrogens is 414 g/mol. The van der Waals surface area contributed by atoms with Crippen molar-refractivity contribution in [1.29, 1.82) is 0 Å². The van der Waals surface area contributed by atoms with Gasteiger partial charge in [-0.15, -0.1) is 12.8 Å². The molecule has 174 valence electrons. The first-order valence-corrected chi connectivity index (χ1v) is 11.6. The van der Waals surface area contributed by atoms with Crippen LogP contribution in [0.1, 0.15) is 35.7 Å². The van der Waals surface area contributed by atoms with Crippen molar-refractivity contribution >= 4 is 5.57 Å². The van der Waals surface area contributed by atoms with Crippen LogP contribution in [-0.4, -0.2) is 23.1 Å². The lowest BCUT2D eigenvalue weighted by Crippen LogP contribution is -2.21. The topological polar surface area (TPSA) is 37.8 Å². The molecule has 0 aliphatic carbocycles. The van der Waals surface area contributed by atoms with Gasteiger partial charge in [0.1, 0.15) is 0 Å². The first-order chi connectivity index (χ1) is 16.6. The average molecular weight is 450 g/mol. The third kappa shape index (κ3) is 9.02. The molecule has 0 saturated carbocycles. The molecule has 0 unspecified atom stereocenters. The molecule has 3 heteroatoms. The van der Waals surface area contributed by atoms with E-state index in [2.05, 4.69) is 97.1 Å². The third-order valence-electron chi connectivity index (χ3n) is 5.60. The van der Waals surface area contributed by atoms with Crippen molar-refractivity contribution in [3.63, 3.8) is 0 Å². The number of rotatable bonds is 11. The van der Waals surface area contributed by atoms with E-state index in [1.807, 2.05) is 36.8 Å². The highest BCUT2D eigenvalue weighted by molar-refractivity contribution is 5.68. The van der Waals surface area contributed by atoms with Gasteiger partial charge in [0, 0.05) is 43.8 Å². The van der Waals surface area contributed by atoms with Crippen LogP contribution in [0.5, 0.6) is 0 Å². The molecule has 0 fully saturated rings. The van der Waals surface area contributed by atoms with Crippen molar-refractivity contribution in [3.8, 4) is 12.8 Å². The molecule has 3 aromatic rings. The smallest absolute Gasteiger partial charge is 0.0416 e. The van der Waals surface area contributed by atoms with Gasteiger partial charge in [-0.25, -0.2) is 0 Å². The maximum absolute atomic E-state index is 4.41. The number of aryl methyl sites for hydroxylation is 2. The molecular formula is C31H35N3. The van der Waals surface area contributed by atoms with Gasteiger partial charge in [0.2, 0.25) is 0 Å². The minimum atomic E-state index is 0.788. The predicted molar refractivity (Wildman–Crippen MR) is 145 cm³/mol. The monoisotopic (exact) mass is 449 g/mol. The Morgan fingerprint density at radius 1 is 0.971 bits per heavy atom. The van der Waals surface area contributed by atoms with Crippen LogP contribution in [0.25, 0.3) is 5.57 Å². The van der Waals surface area contributed by atoms with Crippen LogP contribution in [-0.2, 0) is 12.8 Å². The molecule has 3 rings (SSSR count). The van der Waals surface area contributed by atoms with Crippen LogP contribution in [0.2, 0.25) is 0 Å². The molecule has 0 radical (unpaired) electrons. The molecule has 3 nitrogen and oxygen atoms in total. The quantitative estimate of drug-likeness (QED) is 0.209. The Hall–Kier alpha value is -3.74. The summed E-state index contributed by atoms with van der Waals surface area (Å²) in [5.74, 6) is 0. The normalized spacial score (nSPS) is 11.4. The third-order valence-corrected chi connectivity index (χ3v) is 5.60. The molecule has 34 heavy (non-hydrogen) atoms. The second kappa shape index (κ2) is 15.2. The highest BCUT2D eigenvalue weighted by Crippen LogP contribution is 2.20. The Balaban J connectivity index is 0.00000199. The Kier molecular flexibility index (Phi) is 11.8. The molecule has 1 aromatic carbocycles. The van der Waals surface area contributed by atoms with E-state index in [1.165, 1.54) is 27.8 Å². The summed E-state index contributed by atoms with van der Waals surface area (Å²) in [7, 11) is 0. The molecule has 0 aliphatic heterocycles. The summed E-state index contributed by atoms with van der Waals surface area (Å²) in [5.41, 5.74) is 8.58. The van der Waals surface area contributed by atoms with E-state index in [0.29, 0.717) is 0 Å². The highest BCUT2D eigenvalue weighted by Gasteiger charge is 2.05. The first-order valence-electron chi connectivity index (χ1n) is 11.6. The minimum Gasteiger partial charge on any atom is -0.312 e. The van der Waals surface area contributed by atoms with Crippen LogP contribution >= 0.6 is 0 Å². The van der Waals surface area contributed by atoms with Gasteiger partial charge >= 0.3 is 0 Å². The maximum Gasteiger partial charge on any atom is 0.0416 e. The zero-order valence-corrected chi connectivity index (χ0v) is 20.4. The fourth-order valence-electron chi connectivity index (χ4n) is 3.62. The number of aromatic nitrogens is 2. The van der Waals surface area contributed by atoms with Crippen molar-refractivity contribution in [1.82, 2.24) is 15.3 Å². The summed E-state index contributed by atoms with van der Waals surface area (Å²) in [6, 6.07) is 18.7. The van der Waals surface area contributed by atoms with E-state index >= 15 is 0 Å². The fourth-order valence-corrected chi connectivity index (χ4v) is 3.62. The second-order valence-electron chi connectivity index (χ2n) is 8.07. The minimum absolute atomic E-state index is 0.788. The van der Waals surface area contributed by atoms with Gasteiger partial charge in [-0.2, -0.15) is 0 Å². The van der Waals surface area contributed by atoms with Crippen LogP contribution in [0.15, 0.2) is 103 Å². The van der Waals surface area contributed by atoms with Crippen molar-refractivity contribution in [2.24, 2.45) is 0 Å². The Labute approximate surface area is 205 Å². The number of benzene rings is 1. The van der Waals surface area contributed by atoms with E-state index in [0.717, 1.165) is 43.6 Å². The van der Waals surface area contributed by atoms with Crippen LogP contribution in [0.3, 0.4) is 0 Å². The van der Waals surface area contributed by atoms with Gasteiger partial charge in [0.25, 0.3) is 0 Å². The summed E-state index contributed by atoms with van der Waals surface area (Å²) in [4.78, 5) is 8.63. The van der Waals surface area contributed by atoms with Crippen LogP contribution in [0, 0.1) is 19.8 Å². The molecule has 2 heterocycles. The molecule has 0 spiro atoms. The summed E-state index contributed by atoms with van der Waals surface area (Å²) in [6.07, 6.45) is 20.8. The Morgan fingerprint density at radius 3 is 2.47 bits per heavy atom. The first kappa shape index (κ1) is 26.5. The molecule has 1 N–H and O–H groups in total. The van der Waals surface area contributed by atoms with Gasteiger partial charge in [0.05, 0.1) is 0 Å². The zero-order valence-electron chi connectivity index (χ0n) is 20.4. The van der Waals surface area contributed by atoms with Gasteiger partial charge in [-0.05, 0) is 72.7 Å². The van der Waals surface area contributed by atoms with Gasteiger partial charge in [-0.1, -0.05) is 60.7 Å². The maximum atomic E-state index is 4.41. The number of allylic oxidation sites excluding steroid dienone is 3. The second-order valence-corrected chi connectivity index (χ2v) is 8.07. The fraction of sp³-hybridized carbons (Fsp3) is 0.226. The average Bonchev–Trinajstić information content (AvgIpc) is 2.89. The summed E-state index contributed by atoms with van der Waals surface area (Å²) in [6.45, 7) is 10.4. The number of hydrogen-bond donors (Lipinski definition) is 1. The predicted octanol–water partition coefficient (Wildman–Crippen LogP) is 6.39.